The normalized spacial score (nSPS) is 11.0. The Balaban J connectivity index is 1.85. The molecule has 0 saturated heterocycles. The molecule has 3 rings (SSSR count). The van der Waals surface area contributed by atoms with Crippen LogP contribution in [-0.2, 0) is 6.18 Å². The zero-order valence-corrected chi connectivity index (χ0v) is 18.4. The summed E-state index contributed by atoms with van der Waals surface area (Å²) >= 11 is 5.60. The molecule has 0 aliphatic heterocycles. The van der Waals surface area contributed by atoms with Gasteiger partial charge in [0.25, 0.3) is 0 Å². The number of nitriles is 1. The highest BCUT2D eigenvalue weighted by Crippen LogP contribution is 2.36. The summed E-state index contributed by atoms with van der Waals surface area (Å²) in [7, 11) is 1.51. The van der Waals surface area contributed by atoms with Gasteiger partial charge in [-0.2, -0.15) is 28.4 Å². The number of alkyl halides is 3. The molecule has 0 saturated carbocycles. The molecular weight excluding hydrogens is 459 g/mol. The average Bonchev–Trinajstić information content (AvgIpc) is 2.74. The summed E-state index contributed by atoms with van der Waals surface area (Å²) in [6.07, 6.45) is -2.74. The molecule has 2 N–H and O–H groups in total. The number of urea groups is 1. The Morgan fingerprint density at radius 1 is 1.06 bits per heavy atom. The van der Waals surface area contributed by atoms with Gasteiger partial charge in [0.05, 0.1) is 10.6 Å². The fourth-order valence-electron chi connectivity index (χ4n) is 2.84. The van der Waals surface area contributed by atoms with Crippen LogP contribution in [0.25, 0.3) is 11.4 Å². The molecule has 0 unspecified atom stereocenters. The van der Waals surface area contributed by atoms with Crippen molar-refractivity contribution in [2.24, 2.45) is 0 Å². The lowest BCUT2D eigenvalue weighted by Gasteiger charge is -2.14. The summed E-state index contributed by atoms with van der Waals surface area (Å²) in [4.78, 5) is 26.3. The molecule has 1 aromatic heterocycles. The van der Waals surface area contributed by atoms with Gasteiger partial charge in [0.15, 0.2) is 12.0 Å². The minimum absolute atomic E-state index is 0.0752. The van der Waals surface area contributed by atoms with Gasteiger partial charge < -0.3 is 10.6 Å². The molecular formula is C21H17ClF3N7O. The molecule has 1 heterocycles. The number of carbonyl (C=O) groups excluding carboxylic acids is 1. The highest BCUT2D eigenvalue weighted by Gasteiger charge is 2.33. The molecule has 0 radical (unpaired) electrons. The Morgan fingerprint density at radius 3 is 2.33 bits per heavy atom. The Morgan fingerprint density at radius 2 is 1.70 bits per heavy atom. The van der Waals surface area contributed by atoms with Gasteiger partial charge >= 0.3 is 12.2 Å². The standard InChI is InChI=1S/C21H17ClF3N7O/c1-11-4-5-13(8-15(11)18-27-12(2)28-19(31-18)32(3)10-26)29-20(33)30-14-6-7-17(22)16(9-14)21(23,24)25/h4-9H,1-3H3,(H2,29,30,33). The lowest BCUT2D eigenvalue weighted by atomic mass is 10.1. The molecule has 0 bridgehead atoms. The third-order valence-corrected chi connectivity index (χ3v) is 4.78. The van der Waals surface area contributed by atoms with Crippen molar-refractivity contribution >= 4 is 35.0 Å². The van der Waals surface area contributed by atoms with Gasteiger partial charge in [-0.25, -0.2) is 9.78 Å². The van der Waals surface area contributed by atoms with Crippen molar-refractivity contribution in [3.8, 4) is 17.6 Å². The van der Waals surface area contributed by atoms with Gasteiger partial charge in [-0.1, -0.05) is 17.7 Å². The number of hydrogen-bond donors (Lipinski definition) is 2. The van der Waals surface area contributed by atoms with E-state index in [0.717, 1.165) is 17.7 Å². The monoisotopic (exact) mass is 475 g/mol. The van der Waals surface area contributed by atoms with Gasteiger partial charge in [-0.15, -0.1) is 0 Å². The smallest absolute Gasteiger partial charge is 0.308 e. The van der Waals surface area contributed by atoms with Crippen molar-refractivity contribution in [2.75, 3.05) is 22.6 Å². The third-order valence-electron chi connectivity index (χ3n) is 4.45. The fraction of sp³-hybridized carbons (Fsp3) is 0.190. The molecule has 2 aromatic carbocycles. The summed E-state index contributed by atoms with van der Waals surface area (Å²) in [5.41, 5.74) is 0.601. The van der Waals surface area contributed by atoms with E-state index in [-0.39, 0.29) is 11.6 Å². The molecule has 0 spiro atoms. The van der Waals surface area contributed by atoms with Crippen LogP contribution < -0.4 is 15.5 Å². The number of hydrogen-bond acceptors (Lipinski definition) is 6. The maximum Gasteiger partial charge on any atom is 0.417 e. The van der Waals surface area contributed by atoms with Crippen LogP contribution >= 0.6 is 11.6 Å². The zero-order chi connectivity index (χ0) is 24.3. The minimum Gasteiger partial charge on any atom is -0.308 e. The van der Waals surface area contributed by atoms with E-state index in [1.165, 1.54) is 18.0 Å². The first-order chi connectivity index (χ1) is 15.5. The van der Waals surface area contributed by atoms with Gasteiger partial charge in [0.1, 0.15) is 5.82 Å². The Labute approximate surface area is 192 Å². The highest BCUT2D eigenvalue weighted by atomic mass is 35.5. The molecule has 8 nitrogen and oxygen atoms in total. The number of halogens is 4. The van der Waals surface area contributed by atoms with Crippen LogP contribution in [0.4, 0.5) is 35.3 Å². The second-order valence-corrected chi connectivity index (χ2v) is 7.37. The lowest BCUT2D eigenvalue weighted by Crippen LogP contribution is -2.20. The van der Waals surface area contributed by atoms with Gasteiger partial charge in [-0.3, -0.25) is 4.90 Å². The minimum atomic E-state index is -4.65. The molecule has 3 aromatic rings. The van der Waals surface area contributed by atoms with Crippen LogP contribution in [0.5, 0.6) is 0 Å². The average molecular weight is 476 g/mol. The molecule has 0 atom stereocenters. The van der Waals surface area contributed by atoms with Crippen LogP contribution in [0, 0.1) is 25.3 Å². The number of amides is 2. The SMILES string of the molecule is Cc1nc(-c2cc(NC(=O)Nc3ccc(Cl)c(C(F)(F)F)c3)ccc2C)nc(N(C)C#N)n1. The van der Waals surface area contributed by atoms with E-state index < -0.39 is 22.8 Å². The summed E-state index contributed by atoms with van der Waals surface area (Å²) < 4.78 is 39.1. The molecule has 12 heteroatoms. The highest BCUT2D eigenvalue weighted by molar-refractivity contribution is 6.31. The first kappa shape index (κ1) is 23.7. The van der Waals surface area contributed by atoms with E-state index in [2.05, 4.69) is 25.6 Å². The summed E-state index contributed by atoms with van der Waals surface area (Å²) in [6.45, 7) is 3.48. The number of benzene rings is 2. The van der Waals surface area contributed by atoms with E-state index in [1.807, 2.05) is 13.1 Å². The fourth-order valence-corrected chi connectivity index (χ4v) is 3.06. The van der Waals surface area contributed by atoms with E-state index in [9.17, 15) is 18.0 Å². The van der Waals surface area contributed by atoms with Crippen LogP contribution in [0.3, 0.4) is 0 Å². The largest absolute Gasteiger partial charge is 0.417 e. The molecule has 170 valence electrons. The summed E-state index contributed by atoms with van der Waals surface area (Å²) in [5, 5.41) is 13.5. The van der Waals surface area contributed by atoms with Crippen molar-refractivity contribution in [3.05, 3.63) is 58.4 Å². The van der Waals surface area contributed by atoms with Crippen molar-refractivity contribution in [2.45, 2.75) is 20.0 Å². The van der Waals surface area contributed by atoms with Crippen LogP contribution in [0.15, 0.2) is 36.4 Å². The Kier molecular flexibility index (Phi) is 6.69. The number of rotatable bonds is 4. The maximum absolute atomic E-state index is 13.0. The number of aromatic nitrogens is 3. The number of carbonyl (C=O) groups is 1. The molecule has 33 heavy (non-hydrogen) atoms. The second kappa shape index (κ2) is 9.30. The van der Waals surface area contributed by atoms with Gasteiger partial charge in [-0.05, 0) is 49.7 Å². The molecule has 2 amide bonds. The summed E-state index contributed by atoms with van der Waals surface area (Å²) in [5.74, 6) is 0.864. The molecule has 0 fully saturated rings. The van der Waals surface area contributed by atoms with Gasteiger partial charge in [0, 0.05) is 24.0 Å². The van der Waals surface area contributed by atoms with Crippen LogP contribution in [-0.4, -0.2) is 28.0 Å². The predicted octanol–water partition coefficient (Wildman–Crippen LogP) is 5.39. The maximum atomic E-state index is 13.0. The van der Waals surface area contributed by atoms with E-state index in [1.54, 1.807) is 25.1 Å². The van der Waals surface area contributed by atoms with E-state index >= 15 is 0 Å². The van der Waals surface area contributed by atoms with Crippen molar-refractivity contribution in [1.82, 2.24) is 15.0 Å². The first-order valence-corrected chi connectivity index (χ1v) is 9.77. The lowest BCUT2D eigenvalue weighted by molar-refractivity contribution is -0.137. The Bertz CT molecular complexity index is 1260. The van der Waals surface area contributed by atoms with Crippen LogP contribution in [0.2, 0.25) is 5.02 Å². The quantitative estimate of drug-likeness (QED) is 0.387. The molecule has 0 aliphatic rings. The number of aryl methyl sites for hydroxylation is 2. The number of nitrogens with zero attached hydrogens (tertiary/aromatic N) is 5. The number of anilines is 3. The van der Waals surface area contributed by atoms with Crippen molar-refractivity contribution < 1.29 is 18.0 Å². The number of nitrogens with one attached hydrogen (secondary N) is 2. The topological polar surface area (TPSA) is 107 Å². The zero-order valence-electron chi connectivity index (χ0n) is 17.6. The second-order valence-electron chi connectivity index (χ2n) is 6.97. The van der Waals surface area contributed by atoms with E-state index in [0.29, 0.717) is 22.9 Å². The van der Waals surface area contributed by atoms with Crippen molar-refractivity contribution in [3.63, 3.8) is 0 Å². The van der Waals surface area contributed by atoms with Gasteiger partial charge in [0.2, 0.25) is 5.95 Å². The molecule has 0 aliphatic carbocycles. The summed E-state index contributed by atoms with van der Waals surface area (Å²) in [6, 6.07) is 7.28. The van der Waals surface area contributed by atoms with Crippen molar-refractivity contribution in [1.29, 1.82) is 5.26 Å². The van der Waals surface area contributed by atoms with E-state index in [4.69, 9.17) is 16.9 Å². The third kappa shape index (κ3) is 5.67. The Hall–Kier alpha value is -3.91. The predicted molar refractivity (Wildman–Crippen MR) is 118 cm³/mol. The van der Waals surface area contributed by atoms with Crippen LogP contribution in [0.1, 0.15) is 17.0 Å². The first-order valence-electron chi connectivity index (χ1n) is 9.40.